The number of rotatable bonds is 5. The number of nitrogens with zero attached hydrogens (tertiary/aromatic N) is 4. The first-order chi connectivity index (χ1) is 14.0. The van der Waals surface area contributed by atoms with Gasteiger partial charge in [-0.1, -0.05) is 0 Å². The minimum Gasteiger partial charge on any atom is -0.497 e. The molecule has 9 heteroatoms. The van der Waals surface area contributed by atoms with Gasteiger partial charge >= 0.3 is 0 Å². The van der Waals surface area contributed by atoms with E-state index < -0.39 is 10.0 Å². The first-order valence-corrected chi connectivity index (χ1v) is 10.6. The molecule has 1 fully saturated rings. The number of nitrogen functional groups attached to an aromatic ring is 1. The number of methoxy groups -OCH3 is 1. The van der Waals surface area contributed by atoms with Gasteiger partial charge in [0.25, 0.3) is 0 Å². The quantitative estimate of drug-likeness (QED) is 0.686. The summed E-state index contributed by atoms with van der Waals surface area (Å²) in [5.74, 6) is 0.994. The Bertz CT molecular complexity index is 1120. The van der Waals surface area contributed by atoms with Gasteiger partial charge in [-0.25, -0.2) is 23.4 Å². The maximum Gasteiger partial charge on any atom is 0.243 e. The van der Waals surface area contributed by atoms with E-state index in [4.69, 9.17) is 10.5 Å². The number of hydrogen-bond acceptors (Lipinski definition) is 7. The van der Waals surface area contributed by atoms with E-state index in [1.54, 1.807) is 49.8 Å². The molecule has 0 saturated carbocycles. The fourth-order valence-corrected chi connectivity index (χ4v) is 5.07. The molecule has 1 aliphatic heterocycles. The van der Waals surface area contributed by atoms with E-state index in [0.29, 0.717) is 31.1 Å². The molecule has 4 rings (SSSR count). The SMILES string of the molecule is COc1ccc(S(=O)(=O)N2CC[C@@H](c3ncncc3-c3ccnc(N)c3)C2)cc1. The topological polar surface area (TPSA) is 111 Å². The van der Waals surface area contributed by atoms with Crippen molar-refractivity contribution < 1.29 is 13.2 Å². The summed E-state index contributed by atoms with van der Waals surface area (Å²) >= 11 is 0. The minimum atomic E-state index is -3.58. The molecular weight excluding hydrogens is 390 g/mol. The molecular formula is C20H21N5O3S. The van der Waals surface area contributed by atoms with Crippen molar-refractivity contribution in [2.75, 3.05) is 25.9 Å². The van der Waals surface area contributed by atoms with E-state index in [1.165, 1.54) is 10.6 Å². The first kappa shape index (κ1) is 19.3. The van der Waals surface area contributed by atoms with Gasteiger partial charge in [0.15, 0.2) is 0 Å². The fourth-order valence-electron chi connectivity index (χ4n) is 3.57. The summed E-state index contributed by atoms with van der Waals surface area (Å²) in [5.41, 5.74) is 8.34. The molecule has 29 heavy (non-hydrogen) atoms. The van der Waals surface area contributed by atoms with Crippen LogP contribution in [0.1, 0.15) is 18.0 Å². The Morgan fingerprint density at radius 1 is 1.17 bits per heavy atom. The van der Waals surface area contributed by atoms with Crippen LogP contribution in [0, 0.1) is 0 Å². The van der Waals surface area contributed by atoms with E-state index in [0.717, 1.165) is 16.8 Å². The highest BCUT2D eigenvalue weighted by Gasteiger charge is 2.35. The Morgan fingerprint density at radius 2 is 1.97 bits per heavy atom. The second kappa shape index (κ2) is 7.76. The van der Waals surface area contributed by atoms with Gasteiger partial charge in [-0.3, -0.25) is 0 Å². The van der Waals surface area contributed by atoms with Crippen LogP contribution in [0.15, 0.2) is 60.0 Å². The molecule has 150 valence electrons. The summed E-state index contributed by atoms with van der Waals surface area (Å²) in [5, 5.41) is 0. The average molecular weight is 411 g/mol. The summed E-state index contributed by atoms with van der Waals surface area (Å²) in [7, 11) is -2.04. The molecule has 1 aromatic carbocycles. The van der Waals surface area contributed by atoms with Gasteiger partial charge in [0.05, 0.1) is 17.7 Å². The number of nitrogens with two attached hydrogens (primary N) is 1. The lowest BCUT2D eigenvalue weighted by molar-refractivity contribution is 0.414. The zero-order chi connectivity index (χ0) is 20.4. The molecule has 0 amide bonds. The summed E-state index contributed by atoms with van der Waals surface area (Å²) in [4.78, 5) is 12.9. The van der Waals surface area contributed by atoms with Crippen molar-refractivity contribution in [1.29, 1.82) is 0 Å². The third kappa shape index (κ3) is 3.79. The van der Waals surface area contributed by atoms with Crippen LogP contribution in [-0.2, 0) is 10.0 Å². The summed E-state index contributed by atoms with van der Waals surface area (Å²) < 4.78 is 32.7. The maximum absolute atomic E-state index is 13.0. The van der Waals surface area contributed by atoms with Gasteiger partial charge in [0.1, 0.15) is 17.9 Å². The van der Waals surface area contributed by atoms with Crippen molar-refractivity contribution in [2.45, 2.75) is 17.2 Å². The molecule has 3 heterocycles. The zero-order valence-corrected chi connectivity index (χ0v) is 16.7. The number of ether oxygens (including phenoxy) is 1. The number of sulfonamides is 1. The van der Waals surface area contributed by atoms with Crippen LogP contribution in [-0.4, -0.2) is 47.9 Å². The molecule has 3 aromatic rings. The molecule has 1 aliphatic rings. The molecule has 0 aliphatic carbocycles. The molecule has 0 spiro atoms. The van der Waals surface area contributed by atoms with Crippen molar-refractivity contribution in [2.24, 2.45) is 0 Å². The van der Waals surface area contributed by atoms with Crippen molar-refractivity contribution >= 4 is 15.8 Å². The Balaban J connectivity index is 1.60. The third-order valence-corrected chi connectivity index (χ3v) is 6.95. The van der Waals surface area contributed by atoms with Crippen LogP contribution in [0.4, 0.5) is 5.82 Å². The second-order valence-electron chi connectivity index (χ2n) is 6.82. The van der Waals surface area contributed by atoms with Gasteiger partial charge in [-0.05, 0) is 48.4 Å². The number of anilines is 1. The van der Waals surface area contributed by atoms with Gasteiger partial charge in [-0.2, -0.15) is 4.31 Å². The minimum absolute atomic E-state index is 0.0320. The molecule has 2 aromatic heterocycles. The summed E-state index contributed by atoms with van der Waals surface area (Å²) in [6.07, 6.45) is 5.54. The monoisotopic (exact) mass is 411 g/mol. The largest absolute Gasteiger partial charge is 0.497 e. The van der Waals surface area contributed by atoms with Gasteiger partial charge < -0.3 is 10.5 Å². The van der Waals surface area contributed by atoms with Crippen LogP contribution < -0.4 is 10.5 Å². The lowest BCUT2D eigenvalue weighted by Gasteiger charge is -2.18. The number of benzene rings is 1. The number of pyridine rings is 1. The van der Waals surface area contributed by atoms with Crippen LogP contribution in [0.3, 0.4) is 0 Å². The van der Waals surface area contributed by atoms with Crippen molar-refractivity contribution in [3.8, 4) is 16.9 Å². The normalized spacial score (nSPS) is 17.3. The van der Waals surface area contributed by atoms with Crippen LogP contribution in [0.5, 0.6) is 5.75 Å². The van der Waals surface area contributed by atoms with Crippen LogP contribution >= 0.6 is 0 Å². The number of hydrogen-bond donors (Lipinski definition) is 1. The Hall–Kier alpha value is -3.04. The van der Waals surface area contributed by atoms with Gasteiger partial charge in [0, 0.05) is 37.0 Å². The molecule has 8 nitrogen and oxygen atoms in total. The highest BCUT2D eigenvalue weighted by Crippen LogP contribution is 2.35. The average Bonchev–Trinajstić information content (AvgIpc) is 3.25. The predicted molar refractivity (Wildman–Crippen MR) is 109 cm³/mol. The van der Waals surface area contributed by atoms with Crippen molar-refractivity contribution in [1.82, 2.24) is 19.3 Å². The maximum atomic E-state index is 13.0. The second-order valence-corrected chi connectivity index (χ2v) is 8.75. The Kier molecular flexibility index (Phi) is 5.16. The molecule has 0 bridgehead atoms. The summed E-state index contributed by atoms with van der Waals surface area (Å²) in [6, 6.07) is 10.0. The molecule has 1 saturated heterocycles. The predicted octanol–water partition coefficient (Wildman–Crippen LogP) is 2.31. The molecule has 2 N–H and O–H groups in total. The summed E-state index contributed by atoms with van der Waals surface area (Å²) in [6.45, 7) is 0.792. The fraction of sp³-hybridized carbons (Fsp3) is 0.250. The van der Waals surface area contributed by atoms with E-state index in [-0.39, 0.29) is 10.8 Å². The van der Waals surface area contributed by atoms with E-state index >= 15 is 0 Å². The molecule has 0 radical (unpaired) electrons. The number of aromatic nitrogens is 3. The van der Waals surface area contributed by atoms with Crippen molar-refractivity contribution in [3.05, 3.63) is 60.8 Å². The Morgan fingerprint density at radius 3 is 2.69 bits per heavy atom. The lowest BCUT2D eigenvalue weighted by atomic mass is 9.96. The van der Waals surface area contributed by atoms with Gasteiger partial charge in [0.2, 0.25) is 10.0 Å². The standard InChI is InChI=1S/C20H21N5O3S/c1-28-16-2-4-17(5-3-16)29(26,27)25-9-7-15(12-25)20-18(11-22-13-24-20)14-6-8-23-19(21)10-14/h2-6,8,10-11,13,15H,7,9,12H2,1H3,(H2,21,23)/t15-/m1/s1. The molecule has 1 atom stereocenters. The Labute approximate surface area is 169 Å². The highest BCUT2D eigenvalue weighted by atomic mass is 32.2. The third-order valence-electron chi connectivity index (χ3n) is 5.07. The molecule has 0 unspecified atom stereocenters. The van der Waals surface area contributed by atoms with Crippen LogP contribution in [0.25, 0.3) is 11.1 Å². The van der Waals surface area contributed by atoms with E-state index in [1.807, 2.05) is 6.07 Å². The highest BCUT2D eigenvalue weighted by molar-refractivity contribution is 7.89. The lowest BCUT2D eigenvalue weighted by Crippen LogP contribution is -2.28. The van der Waals surface area contributed by atoms with E-state index in [2.05, 4.69) is 15.0 Å². The van der Waals surface area contributed by atoms with Crippen molar-refractivity contribution in [3.63, 3.8) is 0 Å². The van der Waals surface area contributed by atoms with Crippen LogP contribution in [0.2, 0.25) is 0 Å². The zero-order valence-electron chi connectivity index (χ0n) is 15.9. The smallest absolute Gasteiger partial charge is 0.243 e. The first-order valence-electron chi connectivity index (χ1n) is 9.15. The van der Waals surface area contributed by atoms with E-state index in [9.17, 15) is 8.42 Å². The van der Waals surface area contributed by atoms with Gasteiger partial charge in [-0.15, -0.1) is 0 Å².